The zero-order valence-corrected chi connectivity index (χ0v) is 19.0. The van der Waals surface area contributed by atoms with E-state index in [1.165, 1.54) is 0 Å². The van der Waals surface area contributed by atoms with Crippen molar-refractivity contribution in [1.82, 2.24) is 14.8 Å². The molecule has 4 rings (SSSR count). The van der Waals surface area contributed by atoms with Gasteiger partial charge in [0, 0.05) is 45.1 Å². The highest BCUT2D eigenvalue weighted by Gasteiger charge is 2.35. The lowest BCUT2D eigenvalue weighted by molar-refractivity contribution is -0.135. The summed E-state index contributed by atoms with van der Waals surface area (Å²) < 4.78 is 5.59. The number of hydrogen-bond acceptors (Lipinski definition) is 5. The van der Waals surface area contributed by atoms with Crippen molar-refractivity contribution in [2.24, 2.45) is 5.10 Å². The Kier molecular flexibility index (Phi) is 6.55. The third-order valence-electron chi connectivity index (χ3n) is 6.19. The van der Waals surface area contributed by atoms with Gasteiger partial charge in [-0.3, -0.25) is 14.5 Å². The van der Waals surface area contributed by atoms with E-state index in [4.69, 9.17) is 9.84 Å². The first kappa shape index (κ1) is 22.0. The van der Waals surface area contributed by atoms with Crippen molar-refractivity contribution >= 4 is 17.5 Å². The predicted octanol–water partition coefficient (Wildman–Crippen LogP) is 2.85. The Morgan fingerprint density at radius 2 is 1.81 bits per heavy atom. The molecule has 168 valence electrons. The zero-order valence-electron chi connectivity index (χ0n) is 19.0. The average molecular weight is 435 g/mol. The van der Waals surface area contributed by atoms with E-state index in [0.29, 0.717) is 32.6 Å². The maximum atomic E-state index is 13.4. The molecule has 2 aromatic rings. The van der Waals surface area contributed by atoms with Gasteiger partial charge >= 0.3 is 0 Å². The SMILES string of the molecule is COc1ccccc1C1CC(c2cccc(C)c2)=NN1C(=O)CN1CCN(C(C)=O)CC1. The van der Waals surface area contributed by atoms with E-state index >= 15 is 0 Å². The smallest absolute Gasteiger partial charge is 0.257 e. The number of carbonyl (C=O) groups excluding carboxylic acids is 2. The van der Waals surface area contributed by atoms with Crippen molar-refractivity contribution in [3.8, 4) is 5.75 Å². The second-order valence-corrected chi connectivity index (χ2v) is 8.40. The van der Waals surface area contributed by atoms with Crippen LogP contribution in [0.5, 0.6) is 5.75 Å². The maximum Gasteiger partial charge on any atom is 0.257 e. The number of carbonyl (C=O) groups is 2. The fraction of sp³-hybridized carbons (Fsp3) is 0.400. The molecule has 32 heavy (non-hydrogen) atoms. The number of hydrazone groups is 1. The normalized spacial score (nSPS) is 19.1. The highest BCUT2D eigenvalue weighted by atomic mass is 16.5. The van der Waals surface area contributed by atoms with E-state index in [0.717, 1.165) is 28.2 Å². The summed E-state index contributed by atoms with van der Waals surface area (Å²) in [7, 11) is 1.65. The highest BCUT2D eigenvalue weighted by molar-refractivity contribution is 6.03. The second kappa shape index (κ2) is 9.53. The summed E-state index contributed by atoms with van der Waals surface area (Å²) in [5, 5.41) is 6.43. The van der Waals surface area contributed by atoms with Gasteiger partial charge < -0.3 is 9.64 Å². The van der Waals surface area contributed by atoms with Crippen LogP contribution in [0.15, 0.2) is 53.6 Å². The average Bonchev–Trinajstić information content (AvgIpc) is 3.25. The number of piperazine rings is 1. The minimum atomic E-state index is -0.215. The molecular weight excluding hydrogens is 404 g/mol. The van der Waals surface area contributed by atoms with Crippen LogP contribution in [0, 0.1) is 6.92 Å². The van der Waals surface area contributed by atoms with Crippen LogP contribution in [0.3, 0.4) is 0 Å². The second-order valence-electron chi connectivity index (χ2n) is 8.40. The number of amides is 2. The molecule has 1 atom stereocenters. The quantitative estimate of drug-likeness (QED) is 0.726. The van der Waals surface area contributed by atoms with E-state index < -0.39 is 0 Å². The van der Waals surface area contributed by atoms with Crippen LogP contribution in [0.4, 0.5) is 0 Å². The Bertz CT molecular complexity index is 1030. The summed E-state index contributed by atoms with van der Waals surface area (Å²) in [6.45, 7) is 6.60. The van der Waals surface area contributed by atoms with E-state index in [-0.39, 0.29) is 24.4 Å². The van der Waals surface area contributed by atoms with Crippen molar-refractivity contribution < 1.29 is 14.3 Å². The predicted molar refractivity (Wildman–Crippen MR) is 124 cm³/mol. The molecule has 1 fully saturated rings. The number of methoxy groups -OCH3 is 1. The van der Waals surface area contributed by atoms with Crippen molar-refractivity contribution in [1.29, 1.82) is 0 Å². The topological polar surface area (TPSA) is 65.5 Å². The molecule has 2 amide bonds. The van der Waals surface area contributed by atoms with Crippen molar-refractivity contribution in [2.75, 3.05) is 39.8 Å². The van der Waals surface area contributed by atoms with Gasteiger partial charge in [-0.05, 0) is 18.6 Å². The number of benzene rings is 2. The molecule has 1 saturated heterocycles. The van der Waals surface area contributed by atoms with Gasteiger partial charge in [-0.2, -0.15) is 5.10 Å². The molecule has 2 aliphatic rings. The molecule has 0 N–H and O–H groups in total. The van der Waals surface area contributed by atoms with Crippen LogP contribution in [0.25, 0.3) is 0 Å². The fourth-order valence-electron chi connectivity index (χ4n) is 4.41. The van der Waals surface area contributed by atoms with Crippen molar-refractivity contribution in [2.45, 2.75) is 26.3 Å². The molecule has 0 aliphatic carbocycles. The monoisotopic (exact) mass is 434 g/mol. The first-order valence-corrected chi connectivity index (χ1v) is 11.0. The first-order chi connectivity index (χ1) is 15.5. The van der Waals surface area contributed by atoms with Crippen molar-refractivity contribution in [3.05, 3.63) is 65.2 Å². The lowest BCUT2D eigenvalue weighted by atomic mass is 9.97. The van der Waals surface area contributed by atoms with Gasteiger partial charge in [-0.25, -0.2) is 5.01 Å². The molecule has 7 nitrogen and oxygen atoms in total. The van der Waals surface area contributed by atoms with Gasteiger partial charge in [0.2, 0.25) is 5.91 Å². The highest BCUT2D eigenvalue weighted by Crippen LogP contribution is 2.37. The molecule has 7 heteroatoms. The first-order valence-electron chi connectivity index (χ1n) is 11.0. The Labute approximate surface area is 189 Å². The summed E-state index contributed by atoms with van der Waals surface area (Å²) in [4.78, 5) is 28.9. The molecule has 0 aromatic heterocycles. The molecule has 0 bridgehead atoms. The Hall–Kier alpha value is -3.19. The molecule has 2 heterocycles. The Balaban J connectivity index is 1.58. The largest absolute Gasteiger partial charge is 0.496 e. The minimum absolute atomic E-state index is 0.0418. The number of nitrogens with zero attached hydrogens (tertiary/aromatic N) is 4. The van der Waals surface area contributed by atoms with Crippen LogP contribution >= 0.6 is 0 Å². The van der Waals surface area contributed by atoms with Gasteiger partial charge in [0.1, 0.15) is 5.75 Å². The Morgan fingerprint density at radius 1 is 1.06 bits per heavy atom. The van der Waals surface area contributed by atoms with E-state index in [2.05, 4.69) is 24.0 Å². The molecule has 0 radical (unpaired) electrons. The summed E-state index contributed by atoms with van der Waals surface area (Å²) in [6.07, 6.45) is 0.633. The van der Waals surface area contributed by atoms with Crippen LogP contribution in [0.1, 0.15) is 36.1 Å². The van der Waals surface area contributed by atoms with Gasteiger partial charge in [-0.1, -0.05) is 48.0 Å². The van der Waals surface area contributed by atoms with Crippen LogP contribution in [0.2, 0.25) is 0 Å². The summed E-state index contributed by atoms with van der Waals surface area (Å²) >= 11 is 0. The zero-order chi connectivity index (χ0) is 22.7. The summed E-state index contributed by atoms with van der Waals surface area (Å²) in [5.74, 6) is 0.796. The lowest BCUT2D eigenvalue weighted by Gasteiger charge is -2.34. The summed E-state index contributed by atoms with van der Waals surface area (Å²) in [6, 6.07) is 15.8. The number of para-hydroxylation sites is 1. The number of hydrogen-bond donors (Lipinski definition) is 0. The van der Waals surface area contributed by atoms with Crippen LogP contribution in [-0.4, -0.2) is 72.2 Å². The van der Waals surface area contributed by atoms with Gasteiger partial charge in [0.05, 0.1) is 25.4 Å². The molecule has 0 spiro atoms. The van der Waals surface area contributed by atoms with E-state index in [9.17, 15) is 9.59 Å². The maximum absolute atomic E-state index is 13.4. The number of rotatable bonds is 5. The molecule has 0 saturated carbocycles. The molecule has 1 unspecified atom stereocenters. The third kappa shape index (κ3) is 4.67. The number of ether oxygens (including phenoxy) is 1. The minimum Gasteiger partial charge on any atom is -0.496 e. The molecule has 2 aromatic carbocycles. The molecular formula is C25H30N4O3. The Morgan fingerprint density at radius 3 is 2.50 bits per heavy atom. The lowest BCUT2D eigenvalue weighted by Crippen LogP contribution is -2.50. The van der Waals surface area contributed by atoms with Crippen LogP contribution in [-0.2, 0) is 9.59 Å². The fourth-order valence-corrected chi connectivity index (χ4v) is 4.41. The van der Waals surface area contributed by atoms with Gasteiger partial charge in [-0.15, -0.1) is 0 Å². The standard InChI is InChI=1S/C25H30N4O3/c1-18-7-6-8-20(15-18)22-16-23(21-9-4-5-10-24(21)32-3)29(26-22)25(31)17-27-11-13-28(14-12-27)19(2)30/h4-10,15,23H,11-14,16-17H2,1-3H3. The van der Waals surface area contributed by atoms with Gasteiger partial charge in [0.25, 0.3) is 5.91 Å². The molecule has 2 aliphatic heterocycles. The third-order valence-corrected chi connectivity index (χ3v) is 6.19. The number of aryl methyl sites for hydroxylation is 1. The van der Waals surface area contributed by atoms with Gasteiger partial charge in [0.15, 0.2) is 0 Å². The van der Waals surface area contributed by atoms with E-state index in [1.807, 2.05) is 41.3 Å². The summed E-state index contributed by atoms with van der Waals surface area (Å²) in [5.41, 5.74) is 4.05. The van der Waals surface area contributed by atoms with Crippen LogP contribution < -0.4 is 4.74 Å². The van der Waals surface area contributed by atoms with E-state index in [1.54, 1.807) is 19.0 Å². The van der Waals surface area contributed by atoms with Crippen molar-refractivity contribution in [3.63, 3.8) is 0 Å².